The molecule has 3 N–H and O–H groups in total. The van der Waals surface area contributed by atoms with Gasteiger partial charge in [-0.05, 0) is 18.9 Å². The molecule has 0 fully saturated rings. The average molecular weight is 144 g/mol. The third-order valence-electron chi connectivity index (χ3n) is 1.36. The third kappa shape index (κ3) is 5.56. The molecule has 0 bridgehead atoms. The van der Waals surface area contributed by atoms with E-state index in [4.69, 9.17) is 5.73 Å². The van der Waals surface area contributed by atoms with Crippen LogP contribution in [0, 0.1) is 5.92 Å². The lowest BCUT2D eigenvalue weighted by atomic mass is 10.1. The number of hydrogen-bond acceptors (Lipinski definition) is 2. The molecule has 0 aromatic rings. The van der Waals surface area contributed by atoms with Crippen molar-refractivity contribution < 1.29 is 4.79 Å². The van der Waals surface area contributed by atoms with Crippen molar-refractivity contribution in [1.82, 2.24) is 5.32 Å². The summed E-state index contributed by atoms with van der Waals surface area (Å²) in [4.78, 5) is 10.4. The normalized spacial score (nSPS) is 12.7. The Morgan fingerprint density at radius 2 is 2.30 bits per heavy atom. The van der Waals surface area contributed by atoms with Crippen molar-refractivity contribution in [2.75, 3.05) is 13.1 Å². The van der Waals surface area contributed by atoms with Gasteiger partial charge >= 0.3 is 0 Å². The molecular weight excluding hydrogens is 128 g/mol. The van der Waals surface area contributed by atoms with Gasteiger partial charge in [0.1, 0.15) is 0 Å². The van der Waals surface area contributed by atoms with Crippen LogP contribution in [-0.2, 0) is 4.79 Å². The zero-order valence-electron chi connectivity index (χ0n) is 6.68. The van der Waals surface area contributed by atoms with Crippen LogP contribution in [-0.4, -0.2) is 19.0 Å². The van der Waals surface area contributed by atoms with Crippen LogP contribution in [0.1, 0.15) is 20.3 Å². The van der Waals surface area contributed by atoms with E-state index in [1.54, 1.807) is 0 Å². The molecule has 0 saturated heterocycles. The summed E-state index contributed by atoms with van der Waals surface area (Å²) in [5.74, 6) is 0.526. The van der Waals surface area contributed by atoms with Crippen molar-refractivity contribution in [3.05, 3.63) is 0 Å². The standard InChI is InChI=1S/C7H16N2O/c1-6(3-4-8)5-9-7(2)10/h6H,3-5,8H2,1-2H3,(H,9,10). The Balaban J connectivity index is 3.21. The fourth-order valence-corrected chi connectivity index (χ4v) is 0.705. The van der Waals surface area contributed by atoms with E-state index >= 15 is 0 Å². The molecule has 0 spiro atoms. The Bertz CT molecular complexity index is 104. The van der Waals surface area contributed by atoms with E-state index < -0.39 is 0 Å². The zero-order chi connectivity index (χ0) is 7.98. The van der Waals surface area contributed by atoms with Gasteiger partial charge < -0.3 is 11.1 Å². The second-order valence-corrected chi connectivity index (χ2v) is 2.62. The Labute approximate surface area is 62.0 Å². The van der Waals surface area contributed by atoms with Gasteiger partial charge in [0.15, 0.2) is 0 Å². The van der Waals surface area contributed by atoms with E-state index in [9.17, 15) is 4.79 Å². The number of nitrogens with one attached hydrogen (secondary N) is 1. The summed E-state index contributed by atoms with van der Waals surface area (Å²) in [6.45, 7) is 5.03. The van der Waals surface area contributed by atoms with E-state index in [0.717, 1.165) is 13.0 Å². The Morgan fingerprint density at radius 3 is 2.70 bits per heavy atom. The van der Waals surface area contributed by atoms with E-state index in [1.807, 2.05) is 0 Å². The van der Waals surface area contributed by atoms with Crippen LogP contribution in [0.5, 0.6) is 0 Å². The maximum absolute atomic E-state index is 10.4. The highest BCUT2D eigenvalue weighted by Gasteiger charge is 1.99. The molecule has 0 aromatic carbocycles. The molecule has 60 valence electrons. The lowest BCUT2D eigenvalue weighted by Gasteiger charge is -2.08. The molecule has 0 radical (unpaired) electrons. The molecule has 3 heteroatoms. The second-order valence-electron chi connectivity index (χ2n) is 2.62. The Morgan fingerprint density at radius 1 is 1.70 bits per heavy atom. The van der Waals surface area contributed by atoms with Gasteiger partial charge in [0.05, 0.1) is 0 Å². The highest BCUT2D eigenvalue weighted by atomic mass is 16.1. The van der Waals surface area contributed by atoms with Gasteiger partial charge in [0, 0.05) is 13.5 Å². The van der Waals surface area contributed by atoms with Crippen molar-refractivity contribution in [1.29, 1.82) is 0 Å². The molecule has 1 amide bonds. The first kappa shape index (κ1) is 9.43. The maximum atomic E-state index is 10.4. The molecule has 10 heavy (non-hydrogen) atoms. The van der Waals surface area contributed by atoms with Gasteiger partial charge in [-0.3, -0.25) is 4.79 Å². The Kier molecular flexibility index (Phi) is 4.94. The summed E-state index contributed by atoms with van der Waals surface area (Å²) in [5.41, 5.74) is 5.32. The molecule has 0 aliphatic heterocycles. The lowest BCUT2D eigenvalue weighted by molar-refractivity contribution is -0.119. The number of carbonyl (C=O) groups is 1. The minimum absolute atomic E-state index is 0.0314. The summed E-state index contributed by atoms with van der Waals surface area (Å²) in [6.07, 6.45) is 0.972. The van der Waals surface area contributed by atoms with Gasteiger partial charge in [-0.25, -0.2) is 0 Å². The third-order valence-corrected chi connectivity index (χ3v) is 1.36. The summed E-state index contributed by atoms with van der Waals surface area (Å²) in [7, 11) is 0. The smallest absolute Gasteiger partial charge is 0.216 e. The van der Waals surface area contributed by atoms with Crippen molar-refractivity contribution in [3.8, 4) is 0 Å². The number of nitrogens with two attached hydrogens (primary N) is 1. The fourth-order valence-electron chi connectivity index (χ4n) is 0.705. The SMILES string of the molecule is CC(=O)NCC(C)CCN. The van der Waals surface area contributed by atoms with Crippen LogP contribution < -0.4 is 11.1 Å². The number of hydrogen-bond donors (Lipinski definition) is 2. The van der Waals surface area contributed by atoms with E-state index in [0.29, 0.717) is 12.5 Å². The molecule has 1 atom stereocenters. The van der Waals surface area contributed by atoms with Crippen LogP contribution in [0.4, 0.5) is 0 Å². The molecule has 3 nitrogen and oxygen atoms in total. The molecule has 0 heterocycles. The monoisotopic (exact) mass is 144 g/mol. The molecule has 0 rings (SSSR count). The van der Waals surface area contributed by atoms with Gasteiger partial charge in [-0.2, -0.15) is 0 Å². The zero-order valence-corrected chi connectivity index (χ0v) is 6.68. The topological polar surface area (TPSA) is 55.1 Å². The molecule has 0 aromatic heterocycles. The summed E-state index contributed by atoms with van der Waals surface area (Å²) in [5, 5.41) is 2.74. The second kappa shape index (κ2) is 5.23. The fraction of sp³-hybridized carbons (Fsp3) is 0.857. The first-order valence-electron chi connectivity index (χ1n) is 3.61. The molecular formula is C7H16N2O. The molecule has 0 aliphatic rings. The van der Waals surface area contributed by atoms with Gasteiger partial charge in [0.25, 0.3) is 0 Å². The molecule has 0 aliphatic carbocycles. The minimum Gasteiger partial charge on any atom is -0.356 e. The van der Waals surface area contributed by atoms with Crippen molar-refractivity contribution >= 4 is 5.91 Å². The summed E-state index contributed by atoms with van der Waals surface area (Å²) in [6, 6.07) is 0. The number of carbonyl (C=O) groups excluding carboxylic acids is 1. The van der Waals surface area contributed by atoms with Crippen LogP contribution in [0.25, 0.3) is 0 Å². The van der Waals surface area contributed by atoms with Crippen LogP contribution in [0.3, 0.4) is 0 Å². The highest BCUT2D eigenvalue weighted by molar-refractivity contribution is 5.72. The first-order chi connectivity index (χ1) is 4.66. The van der Waals surface area contributed by atoms with Crippen LogP contribution >= 0.6 is 0 Å². The first-order valence-corrected chi connectivity index (χ1v) is 3.61. The number of rotatable bonds is 4. The van der Waals surface area contributed by atoms with E-state index in [2.05, 4.69) is 12.2 Å². The van der Waals surface area contributed by atoms with Crippen molar-refractivity contribution in [2.45, 2.75) is 20.3 Å². The predicted octanol–water partition coefficient (Wildman–Crippen LogP) is 0.107. The highest BCUT2D eigenvalue weighted by Crippen LogP contribution is 1.96. The van der Waals surface area contributed by atoms with E-state index in [-0.39, 0.29) is 5.91 Å². The average Bonchev–Trinajstić information content (AvgIpc) is 1.85. The lowest BCUT2D eigenvalue weighted by Crippen LogP contribution is -2.26. The maximum Gasteiger partial charge on any atom is 0.216 e. The van der Waals surface area contributed by atoms with Gasteiger partial charge in [0.2, 0.25) is 5.91 Å². The Hall–Kier alpha value is -0.570. The molecule has 1 unspecified atom stereocenters. The molecule has 0 saturated carbocycles. The van der Waals surface area contributed by atoms with Crippen molar-refractivity contribution in [3.63, 3.8) is 0 Å². The summed E-state index contributed by atoms with van der Waals surface area (Å²) >= 11 is 0. The van der Waals surface area contributed by atoms with Crippen molar-refractivity contribution in [2.24, 2.45) is 11.7 Å². The van der Waals surface area contributed by atoms with Crippen LogP contribution in [0.15, 0.2) is 0 Å². The predicted molar refractivity (Wildman–Crippen MR) is 41.5 cm³/mol. The van der Waals surface area contributed by atoms with Gasteiger partial charge in [-0.1, -0.05) is 6.92 Å². The minimum atomic E-state index is 0.0314. The number of amides is 1. The van der Waals surface area contributed by atoms with Gasteiger partial charge in [-0.15, -0.1) is 0 Å². The quantitative estimate of drug-likeness (QED) is 0.588. The van der Waals surface area contributed by atoms with Crippen LogP contribution in [0.2, 0.25) is 0 Å². The largest absolute Gasteiger partial charge is 0.356 e. The van der Waals surface area contributed by atoms with E-state index in [1.165, 1.54) is 6.92 Å². The summed E-state index contributed by atoms with van der Waals surface area (Å²) < 4.78 is 0.